The second-order valence-electron chi connectivity index (χ2n) is 5.87. The van der Waals surface area contributed by atoms with Crippen molar-refractivity contribution in [2.45, 2.75) is 26.4 Å². The molecule has 2 heterocycles. The number of benzene rings is 1. The maximum Gasteiger partial charge on any atom is 0.269 e. The van der Waals surface area contributed by atoms with E-state index < -0.39 is 4.92 Å². The summed E-state index contributed by atoms with van der Waals surface area (Å²) in [7, 11) is 2.01. The highest BCUT2D eigenvalue weighted by Crippen LogP contribution is 2.27. The smallest absolute Gasteiger partial charge is 0.269 e. The molecule has 0 saturated heterocycles. The van der Waals surface area contributed by atoms with Crippen molar-refractivity contribution < 1.29 is 9.34 Å². The minimum atomic E-state index is -0.438. The zero-order valence-electron chi connectivity index (χ0n) is 14.2. The van der Waals surface area contributed by atoms with Gasteiger partial charge in [0.25, 0.3) is 5.69 Å². The van der Waals surface area contributed by atoms with Gasteiger partial charge in [-0.2, -0.15) is 0 Å². The summed E-state index contributed by atoms with van der Waals surface area (Å²) in [6.45, 7) is 4.92. The average molecular weight is 358 g/mol. The molecule has 0 spiro atoms. The van der Waals surface area contributed by atoms with E-state index in [9.17, 15) is 10.1 Å². The van der Waals surface area contributed by atoms with Gasteiger partial charge >= 0.3 is 0 Å². The van der Waals surface area contributed by atoms with Crippen LogP contribution >= 0.6 is 11.3 Å². The van der Waals surface area contributed by atoms with Crippen molar-refractivity contribution in [2.75, 3.05) is 7.05 Å². The van der Waals surface area contributed by atoms with Gasteiger partial charge in [0.2, 0.25) is 11.8 Å². The Morgan fingerprint density at radius 2 is 2.00 bits per heavy atom. The molecule has 0 radical (unpaired) electrons. The molecule has 130 valence electrons. The summed E-state index contributed by atoms with van der Waals surface area (Å²) in [6.07, 6.45) is 0. The van der Waals surface area contributed by atoms with Crippen LogP contribution in [0.25, 0.3) is 11.5 Å². The first kappa shape index (κ1) is 17.2. The Morgan fingerprint density at radius 3 is 2.60 bits per heavy atom. The van der Waals surface area contributed by atoms with Crippen molar-refractivity contribution in [3.05, 3.63) is 62.2 Å². The number of aryl methyl sites for hydroxylation is 1. The number of hydrogen-bond donors (Lipinski definition) is 0. The lowest BCUT2D eigenvalue weighted by molar-refractivity contribution is -0.384. The van der Waals surface area contributed by atoms with E-state index in [1.54, 1.807) is 23.5 Å². The van der Waals surface area contributed by atoms with Gasteiger partial charge in [0, 0.05) is 29.1 Å². The summed E-state index contributed by atoms with van der Waals surface area (Å²) >= 11 is 1.73. The summed E-state index contributed by atoms with van der Waals surface area (Å²) in [4.78, 5) is 13.7. The summed E-state index contributed by atoms with van der Waals surface area (Å²) < 4.78 is 5.77. The Labute approximate surface area is 149 Å². The number of hydrogen-bond acceptors (Lipinski definition) is 7. The maximum atomic E-state index is 10.7. The van der Waals surface area contributed by atoms with Crippen molar-refractivity contribution in [1.29, 1.82) is 0 Å². The fourth-order valence-electron chi connectivity index (χ4n) is 2.36. The van der Waals surface area contributed by atoms with Crippen molar-refractivity contribution >= 4 is 17.0 Å². The van der Waals surface area contributed by atoms with E-state index in [-0.39, 0.29) is 11.7 Å². The molecule has 0 aliphatic rings. The first-order valence-electron chi connectivity index (χ1n) is 7.77. The number of nitro benzene ring substituents is 1. The molecule has 0 aliphatic heterocycles. The van der Waals surface area contributed by atoms with Gasteiger partial charge in [0.15, 0.2) is 0 Å². The molecule has 0 N–H and O–H groups in total. The van der Waals surface area contributed by atoms with Gasteiger partial charge in [0.05, 0.1) is 11.0 Å². The lowest BCUT2D eigenvalue weighted by Gasteiger charge is -2.21. The number of aromatic nitrogens is 2. The van der Waals surface area contributed by atoms with Crippen molar-refractivity contribution in [3.8, 4) is 11.5 Å². The van der Waals surface area contributed by atoms with Crippen LogP contribution in [0.3, 0.4) is 0 Å². The quantitative estimate of drug-likeness (QED) is 0.485. The minimum Gasteiger partial charge on any atom is -0.419 e. The predicted octanol–water partition coefficient (Wildman–Crippen LogP) is 4.21. The predicted molar refractivity (Wildman–Crippen MR) is 95.3 cm³/mol. The Hall–Kier alpha value is -2.58. The van der Waals surface area contributed by atoms with E-state index in [0.29, 0.717) is 17.3 Å². The van der Waals surface area contributed by atoms with Gasteiger partial charge in [-0.05, 0) is 50.0 Å². The van der Waals surface area contributed by atoms with Gasteiger partial charge < -0.3 is 4.42 Å². The van der Waals surface area contributed by atoms with Crippen molar-refractivity contribution in [3.63, 3.8) is 0 Å². The highest BCUT2D eigenvalue weighted by Gasteiger charge is 2.20. The molecule has 0 fully saturated rings. The molecule has 25 heavy (non-hydrogen) atoms. The van der Waals surface area contributed by atoms with Crippen LogP contribution in [0.1, 0.15) is 29.3 Å². The minimum absolute atomic E-state index is 0.0305. The molecule has 3 rings (SSSR count). The lowest BCUT2D eigenvalue weighted by Crippen LogP contribution is -2.22. The van der Waals surface area contributed by atoms with Crippen LogP contribution in [-0.4, -0.2) is 27.1 Å². The van der Waals surface area contributed by atoms with Crippen LogP contribution in [0, 0.1) is 17.0 Å². The number of non-ortho nitro benzene ring substituents is 1. The molecule has 3 aromatic rings. The van der Waals surface area contributed by atoms with Crippen LogP contribution in [0.15, 0.2) is 40.1 Å². The Balaban J connectivity index is 1.73. The first-order chi connectivity index (χ1) is 12.0. The highest BCUT2D eigenvalue weighted by atomic mass is 32.1. The topological polar surface area (TPSA) is 85.3 Å². The Morgan fingerprint density at radius 1 is 1.28 bits per heavy atom. The van der Waals surface area contributed by atoms with E-state index in [0.717, 1.165) is 6.54 Å². The first-order valence-corrected chi connectivity index (χ1v) is 8.65. The SMILES string of the molecule is Cc1ccsc1CN(C)C(C)c1nnc(-c2ccc([N+](=O)[O-])cc2)o1. The van der Waals surface area contributed by atoms with E-state index in [2.05, 4.69) is 33.5 Å². The summed E-state index contributed by atoms with van der Waals surface area (Å²) in [5, 5.41) is 21.0. The fourth-order valence-corrected chi connectivity index (χ4v) is 3.33. The fraction of sp³-hybridized carbons (Fsp3) is 0.294. The van der Waals surface area contributed by atoms with Gasteiger partial charge in [-0.15, -0.1) is 21.5 Å². The lowest BCUT2D eigenvalue weighted by atomic mass is 10.2. The van der Waals surface area contributed by atoms with E-state index in [4.69, 9.17) is 4.42 Å². The van der Waals surface area contributed by atoms with Crippen LogP contribution in [0.5, 0.6) is 0 Å². The van der Waals surface area contributed by atoms with E-state index >= 15 is 0 Å². The van der Waals surface area contributed by atoms with Crippen LogP contribution in [-0.2, 0) is 6.54 Å². The third kappa shape index (κ3) is 3.75. The normalized spacial score (nSPS) is 12.5. The van der Waals surface area contributed by atoms with Crippen LogP contribution in [0.4, 0.5) is 5.69 Å². The number of rotatable bonds is 6. The maximum absolute atomic E-state index is 10.7. The van der Waals surface area contributed by atoms with Gasteiger partial charge in [0.1, 0.15) is 0 Å². The zero-order chi connectivity index (χ0) is 18.0. The average Bonchev–Trinajstić information content (AvgIpc) is 3.24. The molecule has 1 atom stereocenters. The summed E-state index contributed by atoms with van der Waals surface area (Å²) in [5.41, 5.74) is 1.97. The van der Waals surface area contributed by atoms with Crippen molar-refractivity contribution in [2.24, 2.45) is 0 Å². The molecule has 0 aliphatic carbocycles. The highest BCUT2D eigenvalue weighted by molar-refractivity contribution is 7.10. The van der Waals surface area contributed by atoms with E-state index in [1.165, 1.54) is 22.6 Å². The molecule has 0 bridgehead atoms. The molecular formula is C17H18N4O3S. The number of thiophene rings is 1. The molecule has 0 saturated carbocycles. The van der Waals surface area contributed by atoms with Crippen LogP contribution < -0.4 is 0 Å². The largest absolute Gasteiger partial charge is 0.419 e. The third-order valence-electron chi connectivity index (χ3n) is 4.15. The van der Waals surface area contributed by atoms with Gasteiger partial charge in [-0.1, -0.05) is 0 Å². The molecule has 7 nitrogen and oxygen atoms in total. The second kappa shape index (κ2) is 7.12. The Kier molecular flexibility index (Phi) is 4.91. The molecule has 8 heteroatoms. The molecule has 0 amide bonds. The molecular weight excluding hydrogens is 340 g/mol. The van der Waals surface area contributed by atoms with Gasteiger partial charge in [-0.3, -0.25) is 15.0 Å². The van der Waals surface area contributed by atoms with E-state index in [1.807, 2.05) is 14.0 Å². The summed E-state index contributed by atoms with van der Waals surface area (Å²) in [5.74, 6) is 0.877. The number of nitro groups is 1. The Bertz CT molecular complexity index is 872. The molecule has 1 aromatic carbocycles. The number of nitrogens with zero attached hydrogens (tertiary/aromatic N) is 4. The van der Waals surface area contributed by atoms with Crippen molar-refractivity contribution in [1.82, 2.24) is 15.1 Å². The summed E-state index contributed by atoms with van der Waals surface area (Å²) in [6, 6.07) is 8.14. The molecule has 1 unspecified atom stereocenters. The third-order valence-corrected chi connectivity index (χ3v) is 5.15. The monoisotopic (exact) mass is 358 g/mol. The molecule has 2 aromatic heterocycles. The van der Waals surface area contributed by atoms with Gasteiger partial charge in [-0.25, -0.2) is 0 Å². The second-order valence-corrected chi connectivity index (χ2v) is 6.87. The van der Waals surface area contributed by atoms with Crippen LogP contribution in [0.2, 0.25) is 0 Å². The zero-order valence-corrected chi connectivity index (χ0v) is 15.0. The standard InChI is InChI=1S/C17H18N4O3S/c1-11-8-9-25-15(11)10-20(3)12(2)16-18-19-17(24-16)13-4-6-14(7-5-13)21(22)23/h4-9,12H,10H2,1-3H3.